The van der Waals surface area contributed by atoms with Crippen LogP contribution in [0, 0.1) is 5.41 Å². The molecule has 0 spiro atoms. The average Bonchev–Trinajstić information content (AvgIpc) is 3.71. The summed E-state index contributed by atoms with van der Waals surface area (Å²) < 4.78 is 11.6. The van der Waals surface area contributed by atoms with Crippen molar-refractivity contribution < 1.29 is 29.1 Å². The topological polar surface area (TPSA) is 120 Å². The second kappa shape index (κ2) is 11.7. The van der Waals surface area contributed by atoms with Crippen molar-refractivity contribution in [2.75, 3.05) is 53.6 Å². The Balaban J connectivity index is 1.35. The quantitative estimate of drug-likeness (QED) is 0.252. The standard InChI is InChI=1S/C27H34N4O6/c1-28-24(32)23(25(33)29-35)30(2)26(34)21-5-3-19(4-6-21)20-7-9-22(10-8-20)37-18-27(11-12-27)17-31-13-15-36-16-14-31/h3-10,23,35H,11-18H2,1-2H3,(H,28,32)(H,29,33). The molecule has 2 aromatic carbocycles. The summed E-state index contributed by atoms with van der Waals surface area (Å²) in [4.78, 5) is 40.3. The molecule has 2 fully saturated rings. The molecule has 0 aromatic heterocycles. The summed E-state index contributed by atoms with van der Waals surface area (Å²) in [7, 11) is 2.68. The van der Waals surface area contributed by atoms with E-state index >= 15 is 0 Å². The fourth-order valence-electron chi connectivity index (χ4n) is 4.53. The van der Waals surface area contributed by atoms with Crippen LogP contribution in [0.3, 0.4) is 0 Å². The highest BCUT2D eigenvalue weighted by Gasteiger charge is 2.45. The van der Waals surface area contributed by atoms with Crippen molar-refractivity contribution in [2.45, 2.75) is 18.9 Å². The van der Waals surface area contributed by atoms with Crippen molar-refractivity contribution in [3.8, 4) is 16.9 Å². The van der Waals surface area contributed by atoms with E-state index in [0.717, 1.165) is 54.6 Å². The Morgan fingerprint density at radius 1 is 1.03 bits per heavy atom. The van der Waals surface area contributed by atoms with Crippen molar-refractivity contribution in [3.63, 3.8) is 0 Å². The van der Waals surface area contributed by atoms with Gasteiger partial charge >= 0.3 is 0 Å². The monoisotopic (exact) mass is 510 g/mol. The number of ether oxygens (including phenoxy) is 2. The summed E-state index contributed by atoms with van der Waals surface area (Å²) in [5.74, 6) is -1.41. The minimum Gasteiger partial charge on any atom is -0.493 e. The van der Waals surface area contributed by atoms with Crippen LogP contribution in [0.1, 0.15) is 23.2 Å². The highest BCUT2D eigenvalue weighted by molar-refractivity contribution is 6.08. The van der Waals surface area contributed by atoms with Crippen LogP contribution < -0.4 is 15.5 Å². The van der Waals surface area contributed by atoms with E-state index in [0.29, 0.717) is 12.2 Å². The van der Waals surface area contributed by atoms with E-state index in [4.69, 9.17) is 14.7 Å². The zero-order valence-corrected chi connectivity index (χ0v) is 21.2. The average molecular weight is 511 g/mol. The Morgan fingerprint density at radius 3 is 2.16 bits per heavy atom. The molecule has 2 aliphatic rings. The molecule has 1 aliphatic heterocycles. The molecule has 0 radical (unpaired) electrons. The lowest BCUT2D eigenvalue weighted by atomic mass is 10.0. The number of benzene rings is 2. The Kier molecular flexibility index (Phi) is 8.42. The predicted octanol–water partition coefficient (Wildman–Crippen LogP) is 1.54. The second-order valence-electron chi connectivity index (χ2n) is 9.69. The number of amides is 3. The molecule has 2 aromatic rings. The summed E-state index contributed by atoms with van der Waals surface area (Å²) in [6.07, 6.45) is 2.38. The fourth-order valence-corrected chi connectivity index (χ4v) is 4.53. The zero-order valence-electron chi connectivity index (χ0n) is 21.2. The highest BCUT2D eigenvalue weighted by atomic mass is 16.5. The number of nitrogens with one attached hydrogen (secondary N) is 2. The number of rotatable bonds is 10. The summed E-state index contributed by atoms with van der Waals surface area (Å²) >= 11 is 0. The summed E-state index contributed by atoms with van der Waals surface area (Å²) in [6, 6.07) is 13.2. The Bertz CT molecular complexity index is 1080. The number of carbonyl (C=O) groups is 3. The molecule has 1 saturated carbocycles. The molecule has 1 heterocycles. The smallest absolute Gasteiger partial charge is 0.275 e. The normalized spacial score (nSPS) is 17.4. The van der Waals surface area contributed by atoms with Gasteiger partial charge in [-0.1, -0.05) is 24.3 Å². The second-order valence-corrected chi connectivity index (χ2v) is 9.69. The first kappa shape index (κ1) is 26.6. The Labute approximate surface area is 216 Å². The third-order valence-corrected chi connectivity index (χ3v) is 7.05. The third kappa shape index (κ3) is 6.46. The fraction of sp³-hybridized carbons (Fsp3) is 0.444. The number of morpholine rings is 1. The van der Waals surface area contributed by atoms with Gasteiger partial charge in [-0.05, 0) is 48.2 Å². The largest absolute Gasteiger partial charge is 0.493 e. The number of nitrogens with zero attached hydrogens (tertiary/aromatic N) is 2. The molecule has 3 amide bonds. The van der Waals surface area contributed by atoms with Crippen LogP contribution in [0.4, 0.5) is 0 Å². The van der Waals surface area contributed by atoms with Crippen LogP contribution >= 0.6 is 0 Å². The first-order valence-corrected chi connectivity index (χ1v) is 12.4. The van der Waals surface area contributed by atoms with Crippen molar-refractivity contribution in [2.24, 2.45) is 5.41 Å². The zero-order chi connectivity index (χ0) is 26.4. The molecule has 10 heteroatoms. The lowest BCUT2D eigenvalue weighted by molar-refractivity contribution is -0.140. The molecule has 37 heavy (non-hydrogen) atoms. The molecule has 1 unspecified atom stereocenters. The molecule has 1 atom stereocenters. The van der Waals surface area contributed by atoms with Gasteiger partial charge in [-0.3, -0.25) is 24.5 Å². The molecular formula is C27H34N4O6. The van der Waals surface area contributed by atoms with Crippen LogP contribution in [-0.4, -0.2) is 92.3 Å². The van der Waals surface area contributed by atoms with Crippen molar-refractivity contribution in [3.05, 3.63) is 54.1 Å². The summed E-state index contributed by atoms with van der Waals surface area (Å²) in [5, 5.41) is 11.3. The number of hydroxylamine groups is 1. The predicted molar refractivity (Wildman–Crippen MR) is 136 cm³/mol. The molecule has 1 aliphatic carbocycles. The highest BCUT2D eigenvalue weighted by Crippen LogP contribution is 2.46. The first-order valence-electron chi connectivity index (χ1n) is 12.4. The maximum atomic E-state index is 12.9. The van der Waals surface area contributed by atoms with Crippen molar-refractivity contribution in [1.82, 2.24) is 20.6 Å². The van der Waals surface area contributed by atoms with Crippen LogP contribution in [0.25, 0.3) is 11.1 Å². The number of hydrogen-bond acceptors (Lipinski definition) is 7. The van der Waals surface area contributed by atoms with Gasteiger partial charge in [-0.25, -0.2) is 5.48 Å². The van der Waals surface area contributed by atoms with E-state index in [1.54, 1.807) is 24.3 Å². The van der Waals surface area contributed by atoms with Gasteiger partial charge in [0.05, 0.1) is 19.8 Å². The van der Waals surface area contributed by atoms with Gasteiger partial charge in [0.15, 0.2) is 6.04 Å². The third-order valence-electron chi connectivity index (χ3n) is 7.05. The summed E-state index contributed by atoms with van der Waals surface area (Å²) in [6.45, 7) is 5.36. The van der Waals surface area contributed by atoms with E-state index < -0.39 is 23.8 Å². The van der Waals surface area contributed by atoms with Crippen molar-refractivity contribution >= 4 is 17.7 Å². The molecule has 198 valence electrons. The van der Waals surface area contributed by atoms with Crippen molar-refractivity contribution in [1.29, 1.82) is 0 Å². The Hall–Kier alpha value is -3.47. The molecule has 10 nitrogen and oxygen atoms in total. The van der Waals surface area contributed by atoms with Crippen LogP contribution in [0.5, 0.6) is 5.75 Å². The number of likely N-dealkylation sites (N-methyl/N-ethyl adjacent to an activating group) is 2. The minimum atomic E-state index is -1.50. The maximum Gasteiger partial charge on any atom is 0.275 e. The number of hydrogen-bond donors (Lipinski definition) is 3. The van der Waals surface area contributed by atoms with Gasteiger partial charge in [0.2, 0.25) is 0 Å². The molecule has 4 rings (SSSR count). The SMILES string of the molecule is CNC(=O)C(C(=O)NO)N(C)C(=O)c1ccc(-c2ccc(OCC3(CN4CCOCC4)CC3)cc2)cc1. The Morgan fingerprint density at radius 2 is 1.62 bits per heavy atom. The number of carbonyl (C=O) groups excluding carboxylic acids is 3. The van der Waals surface area contributed by atoms with E-state index in [2.05, 4.69) is 10.2 Å². The van der Waals surface area contributed by atoms with Gasteiger partial charge in [0, 0.05) is 44.7 Å². The van der Waals surface area contributed by atoms with Crippen LogP contribution in [0.15, 0.2) is 48.5 Å². The molecular weight excluding hydrogens is 476 g/mol. The molecule has 0 bridgehead atoms. The minimum absolute atomic E-state index is 0.250. The lowest BCUT2D eigenvalue weighted by Gasteiger charge is -2.30. The van der Waals surface area contributed by atoms with Crippen LogP contribution in [-0.2, 0) is 14.3 Å². The van der Waals surface area contributed by atoms with Gasteiger partial charge in [0.1, 0.15) is 5.75 Å². The van der Waals surface area contributed by atoms with Crippen LogP contribution in [0.2, 0.25) is 0 Å². The lowest BCUT2D eigenvalue weighted by Crippen LogP contribution is -2.54. The van der Waals surface area contributed by atoms with E-state index in [9.17, 15) is 14.4 Å². The van der Waals surface area contributed by atoms with E-state index in [1.165, 1.54) is 32.4 Å². The van der Waals surface area contributed by atoms with Gasteiger partial charge in [0.25, 0.3) is 17.7 Å². The summed E-state index contributed by atoms with van der Waals surface area (Å²) in [5.41, 5.74) is 3.87. The maximum absolute atomic E-state index is 12.9. The molecule has 1 saturated heterocycles. The van der Waals surface area contributed by atoms with Gasteiger partial charge in [-0.2, -0.15) is 0 Å². The molecule has 3 N–H and O–H groups in total. The van der Waals surface area contributed by atoms with E-state index in [-0.39, 0.29) is 5.41 Å². The van der Waals surface area contributed by atoms with Gasteiger partial charge < -0.3 is 19.7 Å². The van der Waals surface area contributed by atoms with E-state index in [1.807, 2.05) is 24.3 Å². The van der Waals surface area contributed by atoms with Gasteiger partial charge in [-0.15, -0.1) is 0 Å². The first-order chi connectivity index (χ1) is 17.9.